The Morgan fingerprint density at radius 1 is 0.500 bits per heavy atom. The molecule has 5 nitrogen and oxygen atoms in total. The lowest BCUT2D eigenvalue weighted by Gasteiger charge is -2.14. The van der Waals surface area contributed by atoms with Crippen LogP contribution in [0.3, 0.4) is 0 Å². The first-order valence-electron chi connectivity index (χ1n) is 16.6. The third-order valence-corrected chi connectivity index (χ3v) is 11.6. The highest BCUT2D eigenvalue weighted by Crippen LogP contribution is 2.44. The Hall–Kier alpha value is -5.89. The van der Waals surface area contributed by atoms with Crippen LogP contribution in [-0.4, -0.2) is 24.9 Å². The summed E-state index contributed by atoms with van der Waals surface area (Å²) in [5.41, 5.74) is 6.03. The van der Waals surface area contributed by atoms with Crippen LogP contribution in [0, 0.1) is 0 Å². The lowest BCUT2D eigenvalue weighted by Crippen LogP contribution is -2.04. The number of nitrogens with zero attached hydrogens (tertiary/aromatic N) is 5. The number of hydrogen-bond donors (Lipinski definition) is 0. The van der Waals surface area contributed by atoms with E-state index in [1.54, 1.807) is 22.7 Å². The van der Waals surface area contributed by atoms with E-state index in [0.717, 1.165) is 55.1 Å². The fourth-order valence-corrected chi connectivity index (χ4v) is 9.20. The molecule has 0 N–H and O–H groups in total. The van der Waals surface area contributed by atoms with Crippen LogP contribution in [0.4, 0.5) is 0 Å². The predicted molar refractivity (Wildman–Crippen MR) is 209 cm³/mol. The fourth-order valence-electron chi connectivity index (χ4n) is 6.79. The molecule has 0 radical (unpaired) electrons. The molecule has 0 saturated heterocycles. The van der Waals surface area contributed by atoms with Crippen LogP contribution in [-0.2, 0) is 0 Å². The van der Waals surface area contributed by atoms with Gasteiger partial charge in [0, 0.05) is 58.4 Å². The average molecular weight is 678 g/mol. The van der Waals surface area contributed by atoms with Crippen molar-refractivity contribution in [3.63, 3.8) is 0 Å². The van der Waals surface area contributed by atoms with E-state index >= 15 is 0 Å². The molecular weight excluding hydrogens is 651 g/mol. The molecule has 4 heterocycles. The first kappa shape index (κ1) is 29.1. The minimum absolute atomic E-state index is 0.152. The molecule has 7 heteroatoms. The largest absolute Gasteiger partial charge is 0.231 e. The molecular formula is C43H27N5S2. The fraction of sp³-hybridized carbons (Fsp3) is 0.0465. The number of allylic oxidation sites excluding steroid dienone is 4. The van der Waals surface area contributed by atoms with Crippen LogP contribution >= 0.6 is 22.7 Å². The van der Waals surface area contributed by atoms with Gasteiger partial charge in [-0.1, -0.05) is 127 Å². The van der Waals surface area contributed by atoms with E-state index in [-0.39, 0.29) is 5.92 Å². The van der Waals surface area contributed by atoms with Gasteiger partial charge in [0.15, 0.2) is 17.5 Å². The van der Waals surface area contributed by atoms with Crippen LogP contribution in [0.25, 0.3) is 85.9 Å². The van der Waals surface area contributed by atoms with E-state index in [1.165, 1.54) is 25.6 Å². The van der Waals surface area contributed by atoms with Gasteiger partial charge in [-0.2, -0.15) is 0 Å². The lowest BCUT2D eigenvalue weighted by atomic mass is 9.99. The van der Waals surface area contributed by atoms with Crippen molar-refractivity contribution in [2.24, 2.45) is 0 Å². The van der Waals surface area contributed by atoms with Gasteiger partial charge in [-0.25, -0.2) is 24.9 Å². The SMILES string of the molecule is C1=CCC(c2nc(-c3ccc4c(c3)sc3c(-c5nc(-c6ccccc6)nc(-c6ccccc6)n5)cccc34)c3sc4ccccc4c3n2)C=C1. The molecule has 1 aliphatic carbocycles. The molecule has 5 aromatic carbocycles. The summed E-state index contributed by atoms with van der Waals surface area (Å²) >= 11 is 3.55. The first-order chi connectivity index (χ1) is 24.8. The van der Waals surface area contributed by atoms with Gasteiger partial charge in [0.05, 0.1) is 15.9 Å². The van der Waals surface area contributed by atoms with E-state index in [0.29, 0.717) is 17.5 Å². The zero-order valence-corrected chi connectivity index (χ0v) is 28.3. The molecule has 4 aromatic heterocycles. The molecule has 9 aromatic rings. The second-order valence-electron chi connectivity index (χ2n) is 12.4. The Labute approximate surface area is 296 Å². The van der Waals surface area contributed by atoms with Crippen molar-refractivity contribution in [3.05, 3.63) is 151 Å². The summed E-state index contributed by atoms with van der Waals surface area (Å²) in [6, 6.07) is 42.0. The van der Waals surface area contributed by atoms with E-state index < -0.39 is 0 Å². The average Bonchev–Trinajstić information content (AvgIpc) is 3.76. The Morgan fingerprint density at radius 3 is 1.96 bits per heavy atom. The van der Waals surface area contributed by atoms with Gasteiger partial charge in [-0.15, -0.1) is 22.7 Å². The summed E-state index contributed by atoms with van der Waals surface area (Å²) in [6.07, 6.45) is 9.51. The third kappa shape index (κ3) is 4.93. The van der Waals surface area contributed by atoms with Gasteiger partial charge in [0.2, 0.25) is 0 Å². The van der Waals surface area contributed by atoms with Crippen molar-refractivity contribution in [3.8, 4) is 45.4 Å². The van der Waals surface area contributed by atoms with Gasteiger partial charge >= 0.3 is 0 Å². The van der Waals surface area contributed by atoms with Gasteiger partial charge < -0.3 is 0 Å². The summed E-state index contributed by atoms with van der Waals surface area (Å²) in [7, 11) is 0. The Morgan fingerprint density at radius 2 is 1.20 bits per heavy atom. The van der Waals surface area contributed by atoms with E-state index in [9.17, 15) is 0 Å². The summed E-state index contributed by atoms with van der Waals surface area (Å²) in [5.74, 6) is 3.00. The van der Waals surface area contributed by atoms with Gasteiger partial charge in [0.1, 0.15) is 5.82 Å². The van der Waals surface area contributed by atoms with Gasteiger partial charge in [-0.3, -0.25) is 0 Å². The molecule has 236 valence electrons. The standard InChI is InChI=1S/C43H27N5S2/c1-4-13-26(14-5-1)40-44-36(39-37(45-40)32-19-10-11-22-34(32)49-39)29-23-24-30-31-20-12-21-33(38(31)50-35(30)25-29)43-47-41(27-15-6-2-7-16-27)46-42(48-43)28-17-8-3-9-18-28/h1-13,15-26H,14H2. The summed E-state index contributed by atoms with van der Waals surface area (Å²) in [6.45, 7) is 0. The second-order valence-corrected chi connectivity index (χ2v) is 14.5. The smallest absolute Gasteiger partial charge is 0.165 e. The normalized spacial score (nSPS) is 14.4. The maximum atomic E-state index is 5.28. The molecule has 0 spiro atoms. The number of thiophene rings is 2. The zero-order chi connectivity index (χ0) is 33.0. The zero-order valence-electron chi connectivity index (χ0n) is 26.7. The monoisotopic (exact) mass is 677 g/mol. The lowest BCUT2D eigenvalue weighted by molar-refractivity contribution is 0.782. The Balaban J connectivity index is 1.16. The van der Waals surface area contributed by atoms with Crippen LogP contribution in [0.15, 0.2) is 146 Å². The van der Waals surface area contributed by atoms with Gasteiger partial charge in [-0.05, 0) is 24.6 Å². The highest BCUT2D eigenvalue weighted by molar-refractivity contribution is 7.26. The third-order valence-electron chi connectivity index (χ3n) is 9.26. The number of benzene rings is 5. The van der Waals surface area contributed by atoms with Crippen molar-refractivity contribution >= 4 is 63.1 Å². The Kier molecular flexibility index (Phi) is 6.92. The second kappa shape index (κ2) is 11.9. The van der Waals surface area contributed by atoms with Crippen LogP contribution in [0.5, 0.6) is 0 Å². The maximum Gasteiger partial charge on any atom is 0.165 e. The van der Waals surface area contributed by atoms with E-state index in [2.05, 4.69) is 85.0 Å². The van der Waals surface area contributed by atoms with E-state index in [1.807, 2.05) is 60.7 Å². The Bertz CT molecular complexity index is 2740. The molecule has 1 unspecified atom stereocenters. The highest BCUT2D eigenvalue weighted by Gasteiger charge is 2.21. The topological polar surface area (TPSA) is 64.5 Å². The number of hydrogen-bond acceptors (Lipinski definition) is 7. The first-order valence-corrected chi connectivity index (χ1v) is 18.3. The molecule has 1 atom stereocenters. The molecule has 50 heavy (non-hydrogen) atoms. The van der Waals surface area contributed by atoms with Gasteiger partial charge in [0.25, 0.3) is 0 Å². The maximum absolute atomic E-state index is 5.28. The minimum atomic E-state index is 0.152. The molecule has 1 aliphatic rings. The number of fused-ring (bicyclic) bond motifs is 6. The van der Waals surface area contributed by atoms with Crippen LogP contribution in [0.2, 0.25) is 0 Å². The molecule has 0 aliphatic heterocycles. The summed E-state index contributed by atoms with van der Waals surface area (Å²) < 4.78 is 4.70. The van der Waals surface area contributed by atoms with E-state index in [4.69, 9.17) is 24.9 Å². The molecule has 0 amide bonds. The molecule has 10 rings (SSSR count). The molecule has 0 fully saturated rings. The summed E-state index contributed by atoms with van der Waals surface area (Å²) in [4.78, 5) is 25.5. The number of rotatable bonds is 5. The highest BCUT2D eigenvalue weighted by atomic mass is 32.1. The summed E-state index contributed by atoms with van der Waals surface area (Å²) in [5, 5.41) is 3.58. The van der Waals surface area contributed by atoms with Crippen molar-refractivity contribution in [1.29, 1.82) is 0 Å². The van der Waals surface area contributed by atoms with Crippen molar-refractivity contribution < 1.29 is 0 Å². The molecule has 0 bridgehead atoms. The molecule has 0 saturated carbocycles. The van der Waals surface area contributed by atoms with Crippen molar-refractivity contribution in [1.82, 2.24) is 24.9 Å². The number of aromatic nitrogens is 5. The quantitative estimate of drug-likeness (QED) is 0.181. The van der Waals surface area contributed by atoms with Crippen LogP contribution in [0.1, 0.15) is 18.2 Å². The van der Waals surface area contributed by atoms with Crippen LogP contribution < -0.4 is 0 Å². The van der Waals surface area contributed by atoms with Crippen molar-refractivity contribution in [2.75, 3.05) is 0 Å². The minimum Gasteiger partial charge on any atom is -0.231 e. The predicted octanol–water partition coefficient (Wildman–Crippen LogP) is 11.7. The van der Waals surface area contributed by atoms with Crippen molar-refractivity contribution in [2.45, 2.75) is 12.3 Å².